The van der Waals surface area contributed by atoms with E-state index in [-0.39, 0.29) is 0 Å². The van der Waals surface area contributed by atoms with E-state index in [1.807, 2.05) is 11.3 Å². The molecule has 2 fully saturated rings. The van der Waals surface area contributed by atoms with Gasteiger partial charge in [0.15, 0.2) is 0 Å². The lowest BCUT2D eigenvalue weighted by molar-refractivity contribution is -0.143. The molecule has 1 amide bonds. The van der Waals surface area contributed by atoms with Crippen molar-refractivity contribution in [2.75, 3.05) is 19.6 Å². The first-order valence-corrected chi connectivity index (χ1v) is 8.77. The van der Waals surface area contributed by atoms with Crippen LogP contribution in [0.2, 0.25) is 0 Å². The average molecular weight is 290 g/mol. The molecule has 3 heterocycles. The van der Waals surface area contributed by atoms with E-state index in [1.54, 1.807) is 4.88 Å². The van der Waals surface area contributed by atoms with Crippen molar-refractivity contribution in [2.24, 2.45) is 5.92 Å². The van der Waals surface area contributed by atoms with Crippen molar-refractivity contribution in [2.45, 2.75) is 44.7 Å². The molecule has 108 valence electrons. The maximum atomic E-state index is 12.3. The number of fused-ring (bicyclic) bond motifs is 1. The highest BCUT2D eigenvalue weighted by Crippen LogP contribution is 2.31. The molecule has 0 atom stereocenters. The number of carbonyl (C=O) groups excluding carboxylic acids is 1. The Hall–Kier alpha value is -0.870. The smallest absolute Gasteiger partial charge is 0.225 e. The van der Waals surface area contributed by atoms with Gasteiger partial charge in [-0.15, -0.1) is 11.3 Å². The number of hydrogen-bond acceptors (Lipinski definition) is 3. The lowest BCUT2D eigenvalue weighted by Crippen LogP contribution is -2.62. The summed E-state index contributed by atoms with van der Waals surface area (Å²) in [7, 11) is 0. The molecule has 0 radical (unpaired) electrons. The van der Waals surface area contributed by atoms with Crippen LogP contribution in [0, 0.1) is 5.92 Å². The second kappa shape index (κ2) is 5.15. The van der Waals surface area contributed by atoms with Crippen molar-refractivity contribution < 1.29 is 4.79 Å². The van der Waals surface area contributed by atoms with Crippen LogP contribution in [-0.4, -0.2) is 41.4 Å². The molecule has 1 aliphatic carbocycles. The fourth-order valence-corrected chi connectivity index (χ4v) is 4.77. The van der Waals surface area contributed by atoms with Gasteiger partial charge in [-0.3, -0.25) is 9.69 Å². The van der Waals surface area contributed by atoms with E-state index in [0.717, 1.165) is 32.5 Å². The standard InChI is InChI=1S/C16H22N2OS/c19-16(12-3-1-2-4-12)18-10-14(11-18)17-7-5-15-13(9-17)6-8-20-15/h6,8,12,14H,1-5,7,9-11H2. The first-order valence-electron chi connectivity index (χ1n) is 7.89. The van der Waals surface area contributed by atoms with Crippen molar-refractivity contribution in [1.82, 2.24) is 9.80 Å². The molecule has 1 aromatic heterocycles. The number of carbonyl (C=O) groups is 1. The lowest BCUT2D eigenvalue weighted by Gasteiger charge is -2.47. The van der Waals surface area contributed by atoms with E-state index in [2.05, 4.69) is 21.2 Å². The second-order valence-electron chi connectivity index (χ2n) is 6.47. The molecule has 0 unspecified atom stereocenters. The molecule has 1 saturated heterocycles. The molecule has 20 heavy (non-hydrogen) atoms. The van der Waals surface area contributed by atoms with Crippen LogP contribution in [0.4, 0.5) is 0 Å². The summed E-state index contributed by atoms with van der Waals surface area (Å²) in [5.41, 5.74) is 1.52. The molecule has 0 N–H and O–H groups in total. The van der Waals surface area contributed by atoms with Gasteiger partial charge in [0, 0.05) is 43.0 Å². The summed E-state index contributed by atoms with van der Waals surface area (Å²) >= 11 is 1.90. The zero-order valence-electron chi connectivity index (χ0n) is 11.9. The van der Waals surface area contributed by atoms with Crippen molar-refractivity contribution in [1.29, 1.82) is 0 Å². The van der Waals surface area contributed by atoms with Crippen LogP contribution >= 0.6 is 11.3 Å². The SMILES string of the molecule is O=C(C1CCCC1)N1CC(N2CCc3sccc3C2)C1. The summed E-state index contributed by atoms with van der Waals surface area (Å²) < 4.78 is 0. The normalized spacial score (nSPS) is 24.7. The summed E-state index contributed by atoms with van der Waals surface area (Å²) in [6, 6.07) is 2.88. The van der Waals surface area contributed by atoms with Crippen molar-refractivity contribution >= 4 is 17.2 Å². The van der Waals surface area contributed by atoms with E-state index < -0.39 is 0 Å². The van der Waals surface area contributed by atoms with Gasteiger partial charge < -0.3 is 4.90 Å². The van der Waals surface area contributed by atoms with Gasteiger partial charge in [0.2, 0.25) is 5.91 Å². The number of hydrogen-bond donors (Lipinski definition) is 0. The highest BCUT2D eigenvalue weighted by atomic mass is 32.1. The Morgan fingerprint density at radius 1 is 1.25 bits per heavy atom. The summed E-state index contributed by atoms with van der Waals surface area (Å²) in [5, 5.41) is 2.21. The largest absolute Gasteiger partial charge is 0.339 e. The van der Waals surface area contributed by atoms with E-state index in [1.165, 1.54) is 31.4 Å². The van der Waals surface area contributed by atoms with Gasteiger partial charge in [-0.05, 0) is 36.3 Å². The minimum absolute atomic E-state index is 0.348. The Balaban J connectivity index is 1.32. The fourth-order valence-electron chi connectivity index (χ4n) is 3.88. The van der Waals surface area contributed by atoms with Crippen LogP contribution in [0.15, 0.2) is 11.4 Å². The third-order valence-electron chi connectivity index (χ3n) is 5.23. The third kappa shape index (κ3) is 2.19. The van der Waals surface area contributed by atoms with Gasteiger partial charge in [0.25, 0.3) is 0 Å². The number of nitrogens with zero attached hydrogens (tertiary/aromatic N) is 2. The van der Waals surface area contributed by atoms with Crippen LogP contribution < -0.4 is 0 Å². The molecular weight excluding hydrogens is 268 g/mol. The fraction of sp³-hybridized carbons (Fsp3) is 0.688. The topological polar surface area (TPSA) is 23.6 Å². The van der Waals surface area contributed by atoms with Crippen LogP contribution in [-0.2, 0) is 17.8 Å². The average Bonchev–Trinajstić information content (AvgIpc) is 3.07. The predicted octanol–water partition coefficient (Wildman–Crippen LogP) is 2.51. The van der Waals surface area contributed by atoms with Gasteiger partial charge in [-0.1, -0.05) is 12.8 Å². The number of amides is 1. The maximum absolute atomic E-state index is 12.3. The molecule has 4 rings (SSSR count). The lowest BCUT2D eigenvalue weighted by atomic mass is 9.98. The molecule has 4 heteroatoms. The van der Waals surface area contributed by atoms with E-state index in [4.69, 9.17) is 0 Å². The first kappa shape index (κ1) is 12.8. The molecule has 1 aromatic rings. The Kier molecular flexibility index (Phi) is 3.31. The summed E-state index contributed by atoms with van der Waals surface area (Å²) in [5.74, 6) is 0.785. The molecule has 3 aliphatic rings. The third-order valence-corrected chi connectivity index (χ3v) is 6.25. The van der Waals surface area contributed by atoms with E-state index in [9.17, 15) is 4.79 Å². The number of rotatable bonds is 2. The molecular formula is C16H22N2OS. The monoisotopic (exact) mass is 290 g/mol. The molecule has 2 aliphatic heterocycles. The van der Waals surface area contributed by atoms with Gasteiger partial charge in [-0.2, -0.15) is 0 Å². The van der Waals surface area contributed by atoms with Gasteiger partial charge in [0.1, 0.15) is 0 Å². The van der Waals surface area contributed by atoms with E-state index >= 15 is 0 Å². The Morgan fingerprint density at radius 2 is 2.05 bits per heavy atom. The Labute approximate surface area is 124 Å². The van der Waals surface area contributed by atoms with Crippen LogP contribution in [0.5, 0.6) is 0 Å². The van der Waals surface area contributed by atoms with Crippen LogP contribution in [0.3, 0.4) is 0 Å². The van der Waals surface area contributed by atoms with E-state index in [0.29, 0.717) is 17.9 Å². The number of thiophene rings is 1. The Morgan fingerprint density at radius 3 is 2.85 bits per heavy atom. The van der Waals surface area contributed by atoms with Crippen LogP contribution in [0.1, 0.15) is 36.1 Å². The molecule has 0 spiro atoms. The van der Waals surface area contributed by atoms with Gasteiger partial charge in [-0.25, -0.2) is 0 Å². The molecule has 1 saturated carbocycles. The molecule has 0 aromatic carbocycles. The van der Waals surface area contributed by atoms with Crippen molar-refractivity contribution in [3.05, 3.63) is 21.9 Å². The summed E-state index contributed by atoms with van der Waals surface area (Å²) in [6.07, 6.45) is 5.95. The predicted molar refractivity (Wildman–Crippen MR) is 80.8 cm³/mol. The molecule has 0 bridgehead atoms. The quantitative estimate of drug-likeness (QED) is 0.835. The zero-order valence-corrected chi connectivity index (χ0v) is 12.7. The summed E-state index contributed by atoms with van der Waals surface area (Å²) in [4.78, 5) is 18.6. The van der Waals surface area contributed by atoms with Crippen LogP contribution in [0.25, 0.3) is 0 Å². The number of likely N-dealkylation sites (tertiary alicyclic amines) is 1. The Bertz CT molecular complexity index is 500. The highest BCUT2D eigenvalue weighted by Gasteiger charge is 2.38. The minimum atomic E-state index is 0.348. The summed E-state index contributed by atoms with van der Waals surface area (Å²) in [6.45, 7) is 4.20. The second-order valence-corrected chi connectivity index (χ2v) is 7.47. The zero-order chi connectivity index (χ0) is 13.5. The maximum Gasteiger partial charge on any atom is 0.225 e. The van der Waals surface area contributed by atoms with Crippen molar-refractivity contribution in [3.63, 3.8) is 0 Å². The van der Waals surface area contributed by atoms with Gasteiger partial charge >= 0.3 is 0 Å². The highest BCUT2D eigenvalue weighted by molar-refractivity contribution is 7.10. The van der Waals surface area contributed by atoms with Gasteiger partial charge in [0.05, 0.1) is 0 Å². The van der Waals surface area contributed by atoms with Crippen molar-refractivity contribution in [3.8, 4) is 0 Å². The first-order chi connectivity index (χ1) is 9.81. The minimum Gasteiger partial charge on any atom is -0.339 e. The molecule has 3 nitrogen and oxygen atoms in total.